The van der Waals surface area contributed by atoms with E-state index in [1.165, 1.54) is 5.56 Å². The zero-order valence-electron chi connectivity index (χ0n) is 11.6. The molecule has 2 aromatic rings. The van der Waals surface area contributed by atoms with Gasteiger partial charge >= 0.3 is 0 Å². The third kappa shape index (κ3) is 2.48. The highest BCUT2D eigenvalue weighted by Crippen LogP contribution is 2.33. The molecule has 2 unspecified atom stereocenters. The minimum atomic E-state index is -0.604. The van der Waals surface area contributed by atoms with Crippen LogP contribution in [0.4, 0.5) is 0 Å². The van der Waals surface area contributed by atoms with Gasteiger partial charge in [0.25, 0.3) is 0 Å². The van der Waals surface area contributed by atoms with E-state index in [0.29, 0.717) is 0 Å². The number of hydrogen-bond acceptors (Lipinski definition) is 2. The van der Waals surface area contributed by atoms with Gasteiger partial charge in [-0.1, -0.05) is 34.1 Å². The van der Waals surface area contributed by atoms with Gasteiger partial charge < -0.3 is 9.84 Å². The first-order valence-corrected chi connectivity index (χ1v) is 7.57. The summed E-state index contributed by atoms with van der Waals surface area (Å²) in [7, 11) is 0. The normalized spacial score (nSPS) is 18.5. The average molecular weight is 333 g/mol. The molecule has 3 heteroatoms. The van der Waals surface area contributed by atoms with Crippen molar-refractivity contribution in [3.63, 3.8) is 0 Å². The fourth-order valence-electron chi connectivity index (χ4n) is 2.58. The van der Waals surface area contributed by atoms with E-state index in [1.54, 1.807) is 0 Å². The van der Waals surface area contributed by atoms with Gasteiger partial charge in [-0.15, -0.1) is 0 Å². The summed E-state index contributed by atoms with van der Waals surface area (Å²) >= 11 is 3.51. The number of rotatable bonds is 2. The second-order valence-corrected chi connectivity index (χ2v) is 6.27. The number of aliphatic hydroxyl groups is 1. The van der Waals surface area contributed by atoms with Crippen LogP contribution in [-0.4, -0.2) is 11.2 Å². The number of ether oxygens (including phenoxy) is 1. The molecule has 1 N–H and O–H groups in total. The lowest BCUT2D eigenvalue weighted by atomic mass is 9.98. The summed E-state index contributed by atoms with van der Waals surface area (Å²) in [6, 6.07) is 11.9. The fourth-order valence-corrected chi connectivity index (χ4v) is 2.98. The van der Waals surface area contributed by atoms with E-state index < -0.39 is 6.10 Å². The molecule has 3 rings (SSSR count). The van der Waals surface area contributed by atoms with E-state index >= 15 is 0 Å². The molecule has 0 aliphatic carbocycles. The van der Waals surface area contributed by atoms with Gasteiger partial charge in [0.2, 0.25) is 0 Å². The van der Waals surface area contributed by atoms with E-state index in [0.717, 1.165) is 33.3 Å². The third-order valence-electron chi connectivity index (χ3n) is 3.75. The number of halogens is 1. The molecule has 0 radical (unpaired) electrons. The highest BCUT2D eigenvalue weighted by molar-refractivity contribution is 9.10. The van der Waals surface area contributed by atoms with E-state index in [9.17, 15) is 5.11 Å². The highest BCUT2D eigenvalue weighted by Gasteiger charge is 2.21. The number of aliphatic hydroxyl groups excluding tert-OH is 1. The van der Waals surface area contributed by atoms with E-state index in [-0.39, 0.29) is 6.10 Å². The first-order chi connectivity index (χ1) is 9.54. The zero-order chi connectivity index (χ0) is 14.3. The second kappa shape index (κ2) is 5.23. The van der Waals surface area contributed by atoms with Gasteiger partial charge in [-0.3, -0.25) is 0 Å². The molecule has 20 heavy (non-hydrogen) atoms. The van der Waals surface area contributed by atoms with Gasteiger partial charge in [0.05, 0.1) is 0 Å². The third-order valence-corrected chi connectivity index (χ3v) is 4.60. The van der Waals surface area contributed by atoms with Crippen LogP contribution in [0, 0.1) is 6.92 Å². The van der Waals surface area contributed by atoms with E-state index in [1.807, 2.05) is 37.3 Å². The predicted octanol–water partition coefficient (Wildman–Crippen LogP) is 4.16. The molecular weight excluding hydrogens is 316 g/mol. The topological polar surface area (TPSA) is 29.5 Å². The zero-order valence-corrected chi connectivity index (χ0v) is 13.1. The maximum atomic E-state index is 10.5. The van der Waals surface area contributed by atoms with Crippen molar-refractivity contribution in [2.24, 2.45) is 0 Å². The number of aryl methyl sites for hydroxylation is 1. The minimum Gasteiger partial charge on any atom is -0.490 e. The molecule has 1 aliphatic rings. The molecule has 2 atom stereocenters. The largest absolute Gasteiger partial charge is 0.490 e. The van der Waals surface area contributed by atoms with E-state index in [2.05, 4.69) is 28.9 Å². The summed E-state index contributed by atoms with van der Waals surface area (Å²) in [6.07, 6.45) is 0.534. The SMILES string of the molecule is Cc1ccc(C(O)c2ccc3c(c2)CC(C)O3)cc1Br. The van der Waals surface area contributed by atoms with Crippen LogP contribution in [0.3, 0.4) is 0 Å². The molecule has 1 aliphatic heterocycles. The van der Waals surface area contributed by atoms with Gasteiger partial charge in [0, 0.05) is 10.9 Å². The van der Waals surface area contributed by atoms with Crippen LogP contribution in [0.1, 0.15) is 35.3 Å². The first kappa shape index (κ1) is 13.7. The van der Waals surface area contributed by atoms with Crippen LogP contribution >= 0.6 is 15.9 Å². The van der Waals surface area contributed by atoms with Gasteiger partial charge in [-0.25, -0.2) is 0 Å². The minimum absolute atomic E-state index is 0.228. The quantitative estimate of drug-likeness (QED) is 0.894. The van der Waals surface area contributed by atoms with Crippen molar-refractivity contribution in [2.75, 3.05) is 0 Å². The summed E-state index contributed by atoms with van der Waals surface area (Å²) in [5.74, 6) is 0.943. The Labute approximate surface area is 127 Å². The molecule has 2 nitrogen and oxygen atoms in total. The molecule has 0 amide bonds. The molecule has 0 bridgehead atoms. The monoisotopic (exact) mass is 332 g/mol. The van der Waals surface area contributed by atoms with Crippen molar-refractivity contribution in [2.45, 2.75) is 32.5 Å². The highest BCUT2D eigenvalue weighted by atomic mass is 79.9. The Hall–Kier alpha value is -1.32. The van der Waals surface area contributed by atoms with Crippen LogP contribution < -0.4 is 4.74 Å². The van der Waals surface area contributed by atoms with Crippen LogP contribution in [0.2, 0.25) is 0 Å². The Bertz CT molecular complexity index is 651. The van der Waals surface area contributed by atoms with Gasteiger partial charge in [0.15, 0.2) is 0 Å². The van der Waals surface area contributed by atoms with Crippen molar-refractivity contribution < 1.29 is 9.84 Å². The lowest BCUT2D eigenvalue weighted by molar-refractivity contribution is 0.220. The molecule has 0 saturated carbocycles. The van der Waals surface area contributed by atoms with Crippen LogP contribution in [0.15, 0.2) is 40.9 Å². The molecule has 0 saturated heterocycles. The standard InChI is InChI=1S/C17H17BrO2/c1-10-3-4-13(9-15(10)18)17(19)12-5-6-16-14(8-12)7-11(2)20-16/h3-6,8-9,11,17,19H,7H2,1-2H3. The summed E-state index contributed by atoms with van der Waals surface area (Å²) < 4.78 is 6.71. The summed E-state index contributed by atoms with van der Waals surface area (Å²) in [6.45, 7) is 4.10. The molecule has 2 aromatic carbocycles. The molecule has 1 heterocycles. The molecule has 0 fully saturated rings. The van der Waals surface area contributed by atoms with Gasteiger partial charge in [-0.05, 0) is 54.3 Å². The van der Waals surface area contributed by atoms with Crippen molar-refractivity contribution in [1.82, 2.24) is 0 Å². The van der Waals surface area contributed by atoms with Crippen molar-refractivity contribution in [1.29, 1.82) is 0 Å². The van der Waals surface area contributed by atoms with Gasteiger partial charge in [-0.2, -0.15) is 0 Å². The van der Waals surface area contributed by atoms with Crippen LogP contribution in [-0.2, 0) is 6.42 Å². The molecule has 0 aromatic heterocycles. The molecular formula is C17H17BrO2. The summed E-state index contributed by atoms with van der Waals surface area (Å²) in [5, 5.41) is 10.5. The summed E-state index contributed by atoms with van der Waals surface area (Å²) in [5.41, 5.74) is 4.16. The lowest BCUT2D eigenvalue weighted by Crippen LogP contribution is -2.05. The number of hydrogen-bond donors (Lipinski definition) is 1. The Morgan fingerprint density at radius 2 is 1.90 bits per heavy atom. The van der Waals surface area contributed by atoms with Crippen LogP contribution in [0.5, 0.6) is 5.75 Å². The Kier molecular flexibility index (Phi) is 3.57. The van der Waals surface area contributed by atoms with Gasteiger partial charge in [0.1, 0.15) is 18.0 Å². The first-order valence-electron chi connectivity index (χ1n) is 6.78. The molecule has 104 valence electrons. The van der Waals surface area contributed by atoms with Crippen molar-refractivity contribution in [3.05, 3.63) is 63.1 Å². The predicted molar refractivity (Wildman–Crippen MR) is 83.2 cm³/mol. The van der Waals surface area contributed by atoms with Crippen LogP contribution in [0.25, 0.3) is 0 Å². The number of fused-ring (bicyclic) bond motifs is 1. The Balaban J connectivity index is 1.93. The second-order valence-electron chi connectivity index (χ2n) is 5.41. The lowest BCUT2D eigenvalue weighted by Gasteiger charge is -2.13. The maximum absolute atomic E-state index is 10.5. The summed E-state index contributed by atoms with van der Waals surface area (Å²) in [4.78, 5) is 0. The Morgan fingerprint density at radius 1 is 1.20 bits per heavy atom. The van der Waals surface area contributed by atoms with E-state index in [4.69, 9.17) is 4.74 Å². The maximum Gasteiger partial charge on any atom is 0.123 e. The van der Waals surface area contributed by atoms with Crippen molar-refractivity contribution >= 4 is 15.9 Å². The fraction of sp³-hybridized carbons (Fsp3) is 0.294. The smallest absolute Gasteiger partial charge is 0.123 e. The average Bonchev–Trinajstić information content (AvgIpc) is 2.80. The number of benzene rings is 2. The Morgan fingerprint density at radius 3 is 2.65 bits per heavy atom. The van der Waals surface area contributed by atoms with Crippen molar-refractivity contribution in [3.8, 4) is 5.75 Å². The molecule has 0 spiro atoms.